The summed E-state index contributed by atoms with van der Waals surface area (Å²) >= 11 is 5.96. The quantitative estimate of drug-likeness (QED) is 0.668. The van der Waals surface area contributed by atoms with Crippen LogP contribution in [0.4, 0.5) is 5.69 Å². The number of amides is 1. The topological polar surface area (TPSA) is 69.7 Å². The van der Waals surface area contributed by atoms with Gasteiger partial charge in [0.25, 0.3) is 0 Å². The van der Waals surface area contributed by atoms with Gasteiger partial charge in [0.05, 0.1) is 10.9 Å². The Morgan fingerprint density at radius 1 is 1.06 bits per heavy atom. The molecule has 1 saturated heterocycles. The highest BCUT2D eigenvalue weighted by atomic mass is 35.5. The Morgan fingerprint density at radius 3 is 2.39 bits per heavy atom. The van der Waals surface area contributed by atoms with Crippen LogP contribution >= 0.6 is 11.6 Å². The molecule has 0 aromatic heterocycles. The maximum atomic E-state index is 12.9. The van der Waals surface area contributed by atoms with Crippen molar-refractivity contribution < 1.29 is 13.2 Å². The first-order valence-electron chi connectivity index (χ1n) is 10.6. The number of nitrogens with zero attached hydrogens (tertiary/aromatic N) is 2. The molecule has 1 aliphatic heterocycles. The second-order valence-electron chi connectivity index (χ2n) is 7.96. The lowest BCUT2D eigenvalue weighted by Crippen LogP contribution is -2.53. The molecule has 1 amide bonds. The Kier molecular flexibility index (Phi) is 7.75. The fraction of sp³-hybridized carbons (Fsp3) is 0.435. The molecule has 31 heavy (non-hydrogen) atoms. The average molecular weight is 464 g/mol. The summed E-state index contributed by atoms with van der Waals surface area (Å²) in [7, 11) is -3.60. The Hall–Kier alpha value is -1.93. The monoisotopic (exact) mass is 463 g/mol. The molecule has 1 aliphatic rings. The zero-order valence-corrected chi connectivity index (χ0v) is 19.8. The number of carbonyl (C=O) groups excluding carboxylic acids is 1. The van der Waals surface area contributed by atoms with E-state index in [9.17, 15) is 13.2 Å². The molecule has 6 nitrogen and oxygen atoms in total. The van der Waals surface area contributed by atoms with Crippen LogP contribution in [-0.4, -0.2) is 55.8 Å². The van der Waals surface area contributed by atoms with Crippen molar-refractivity contribution in [2.24, 2.45) is 0 Å². The van der Waals surface area contributed by atoms with Crippen molar-refractivity contribution >= 4 is 33.2 Å². The Balaban J connectivity index is 1.63. The Bertz CT molecular complexity index is 1020. The number of para-hydroxylation sites is 1. The van der Waals surface area contributed by atoms with Crippen LogP contribution in [0.5, 0.6) is 0 Å². The highest BCUT2D eigenvalue weighted by Crippen LogP contribution is 2.27. The third-order valence-corrected chi connectivity index (χ3v) is 8.13. The smallest absolute Gasteiger partial charge is 0.243 e. The van der Waals surface area contributed by atoms with Gasteiger partial charge < -0.3 is 5.32 Å². The molecule has 168 valence electrons. The summed E-state index contributed by atoms with van der Waals surface area (Å²) in [5.74, 6) is 0.272. The van der Waals surface area contributed by atoms with Crippen LogP contribution in [0.1, 0.15) is 38.7 Å². The van der Waals surface area contributed by atoms with Crippen molar-refractivity contribution in [1.29, 1.82) is 0 Å². The van der Waals surface area contributed by atoms with Gasteiger partial charge in [-0.2, -0.15) is 4.31 Å². The first-order chi connectivity index (χ1) is 14.7. The maximum absolute atomic E-state index is 12.9. The molecule has 0 unspecified atom stereocenters. The van der Waals surface area contributed by atoms with Gasteiger partial charge >= 0.3 is 0 Å². The van der Waals surface area contributed by atoms with Gasteiger partial charge in [0, 0.05) is 36.9 Å². The van der Waals surface area contributed by atoms with Gasteiger partial charge in [0.15, 0.2) is 0 Å². The van der Waals surface area contributed by atoms with Gasteiger partial charge in [-0.15, -0.1) is 0 Å². The lowest BCUT2D eigenvalue weighted by atomic mass is 9.97. The maximum Gasteiger partial charge on any atom is 0.243 e. The van der Waals surface area contributed by atoms with E-state index in [-0.39, 0.29) is 16.8 Å². The number of hydrogen-bond acceptors (Lipinski definition) is 4. The number of rotatable bonds is 7. The highest BCUT2D eigenvalue weighted by molar-refractivity contribution is 7.89. The number of halogens is 1. The SMILES string of the molecule is CC[C@@H](C)c1ccccc1NC(=O)[C@H](C)N1CCN(S(=O)(=O)c2cccc(Cl)c2)CC1. The summed E-state index contributed by atoms with van der Waals surface area (Å²) in [5, 5.41) is 3.46. The summed E-state index contributed by atoms with van der Waals surface area (Å²) in [4.78, 5) is 15.1. The molecule has 0 bridgehead atoms. The molecule has 0 saturated carbocycles. The van der Waals surface area contributed by atoms with Crippen LogP contribution in [0.25, 0.3) is 0 Å². The van der Waals surface area contributed by atoms with E-state index in [0.29, 0.717) is 37.1 Å². The first kappa shape index (κ1) is 23.7. The predicted molar refractivity (Wildman–Crippen MR) is 125 cm³/mol. The third kappa shape index (κ3) is 5.47. The highest BCUT2D eigenvalue weighted by Gasteiger charge is 2.32. The Labute approximate surface area is 190 Å². The van der Waals surface area contributed by atoms with Crippen LogP contribution in [0.3, 0.4) is 0 Å². The second kappa shape index (κ2) is 10.1. The third-order valence-electron chi connectivity index (χ3n) is 6.00. The molecule has 0 radical (unpaired) electrons. The van der Waals surface area contributed by atoms with E-state index in [4.69, 9.17) is 11.6 Å². The van der Waals surface area contributed by atoms with E-state index in [0.717, 1.165) is 17.7 Å². The van der Waals surface area contributed by atoms with Crippen LogP contribution in [0.15, 0.2) is 53.4 Å². The molecule has 8 heteroatoms. The predicted octanol–water partition coefficient (Wildman–Crippen LogP) is 4.19. The Morgan fingerprint density at radius 2 is 1.74 bits per heavy atom. The second-order valence-corrected chi connectivity index (χ2v) is 10.3. The lowest BCUT2D eigenvalue weighted by molar-refractivity contribution is -0.121. The number of benzene rings is 2. The van der Waals surface area contributed by atoms with Crippen LogP contribution < -0.4 is 5.32 Å². The molecule has 1 N–H and O–H groups in total. The average Bonchev–Trinajstić information content (AvgIpc) is 2.78. The number of sulfonamides is 1. The minimum Gasteiger partial charge on any atom is -0.324 e. The number of piperazine rings is 1. The fourth-order valence-corrected chi connectivity index (χ4v) is 5.49. The molecule has 2 atom stereocenters. The van der Waals surface area contributed by atoms with E-state index in [1.165, 1.54) is 10.4 Å². The molecular weight excluding hydrogens is 434 g/mol. The molecule has 2 aromatic carbocycles. The zero-order chi connectivity index (χ0) is 22.6. The van der Waals surface area contributed by atoms with Crippen molar-refractivity contribution in [1.82, 2.24) is 9.21 Å². The van der Waals surface area contributed by atoms with E-state index in [1.54, 1.807) is 18.2 Å². The molecular formula is C23H30ClN3O3S. The fourth-order valence-electron chi connectivity index (χ4n) is 3.77. The van der Waals surface area contributed by atoms with Gasteiger partial charge in [0.2, 0.25) is 15.9 Å². The van der Waals surface area contributed by atoms with Crippen molar-refractivity contribution in [3.8, 4) is 0 Å². The molecule has 0 aliphatic carbocycles. The van der Waals surface area contributed by atoms with Gasteiger partial charge in [-0.25, -0.2) is 8.42 Å². The van der Waals surface area contributed by atoms with E-state index in [1.807, 2.05) is 36.1 Å². The molecule has 2 aromatic rings. The number of hydrogen-bond donors (Lipinski definition) is 1. The van der Waals surface area contributed by atoms with E-state index < -0.39 is 10.0 Å². The number of carbonyl (C=O) groups is 1. The molecule has 0 spiro atoms. The van der Waals surface area contributed by atoms with Gasteiger partial charge in [-0.3, -0.25) is 9.69 Å². The zero-order valence-electron chi connectivity index (χ0n) is 18.2. The van der Waals surface area contributed by atoms with E-state index in [2.05, 4.69) is 19.2 Å². The molecule has 3 rings (SSSR count). The normalized spacial score (nSPS) is 17.8. The van der Waals surface area contributed by atoms with Gasteiger partial charge in [-0.1, -0.05) is 49.7 Å². The van der Waals surface area contributed by atoms with Gasteiger partial charge in [-0.05, 0) is 49.1 Å². The summed E-state index contributed by atoms with van der Waals surface area (Å²) in [6.07, 6.45) is 0.992. The summed E-state index contributed by atoms with van der Waals surface area (Å²) < 4.78 is 27.2. The minimum absolute atomic E-state index is 0.0816. The number of anilines is 1. The van der Waals surface area contributed by atoms with Crippen molar-refractivity contribution in [2.75, 3.05) is 31.5 Å². The van der Waals surface area contributed by atoms with Crippen LogP contribution in [0.2, 0.25) is 5.02 Å². The standard InChI is InChI=1S/C23H30ClN3O3S/c1-4-17(2)21-10-5-6-11-22(21)25-23(28)18(3)26-12-14-27(15-13-26)31(29,30)20-9-7-8-19(24)16-20/h5-11,16-18H,4,12-15H2,1-3H3,(H,25,28)/t17-,18+/m1/s1. The lowest BCUT2D eigenvalue weighted by Gasteiger charge is -2.36. The largest absolute Gasteiger partial charge is 0.324 e. The van der Waals surface area contributed by atoms with Crippen molar-refractivity contribution in [3.63, 3.8) is 0 Å². The minimum atomic E-state index is -3.60. The van der Waals surface area contributed by atoms with Gasteiger partial charge in [0.1, 0.15) is 0 Å². The summed E-state index contributed by atoms with van der Waals surface area (Å²) in [6.45, 7) is 7.77. The number of nitrogens with one attached hydrogen (secondary N) is 1. The van der Waals surface area contributed by atoms with Crippen LogP contribution in [0, 0.1) is 0 Å². The van der Waals surface area contributed by atoms with Crippen LogP contribution in [-0.2, 0) is 14.8 Å². The van der Waals surface area contributed by atoms with Crippen molar-refractivity contribution in [2.45, 2.75) is 44.0 Å². The summed E-state index contributed by atoms with van der Waals surface area (Å²) in [6, 6.07) is 13.8. The summed E-state index contributed by atoms with van der Waals surface area (Å²) in [5.41, 5.74) is 1.97. The first-order valence-corrected chi connectivity index (χ1v) is 12.5. The van der Waals surface area contributed by atoms with Crippen molar-refractivity contribution in [3.05, 3.63) is 59.1 Å². The van der Waals surface area contributed by atoms with E-state index >= 15 is 0 Å². The molecule has 1 fully saturated rings. The molecule has 1 heterocycles.